The van der Waals surface area contributed by atoms with Crippen LogP contribution in [0.5, 0.6) is 0 Å². The Kier molecular flexibility index (Phi) is 4.74. The van der Waals surface area contributed by atoms with Crippen LogP contribution in [0.25, 0.3) is 0 Å². The monoisotopic (exact) mass is 364 g/mol. The number of hydrogen-bond donors (Lipinski definition) is 1. The molecule has 0 aliphatic carbocycles. The molecule has 1 fully saturated rings. The highest BCUT2D eigenvalue weighted by Crippen LogP contribution is 2.22. The summed E-state index contributed by atoms with van der Waals surface area (Å²) < 4.78 is 7.03. The summed E-state index contributed by atoms with van der Waals surface area (Å²) in [7, 11) is 0. The summed E-state index contributed by atoms with van der Waals surface area (Å²) in [5.74, 6) is 0.753. The number of likely N-dealkylation sites (tertiary alicyclic amines) is 1. The lowest BCUT2D eigenvalue weighted by Crippen LogP contribution is -2.28. The van der Waals surface area contributed by atoms with E-state index in [2.05, 4.69) is 10.4 Å². The largest absolute Gasteiger partial charge is 0.467 e. The van der Waals surface area contributed by atoms with Gasteiger partial charge in [0.25, 0.3) is 0 Å². The SMILES string of the molecule is O=C(Nc1ccnn1Cc1ccccc1)[C@H]1CC(=O)N(Cc2ccco2)C1. The van der Waals surface area contributed by atoms with E-state index in [1.165, 1.54) is 0 Å². The quantitative estimate of drug-likeness (QED) is 0.729. The average molecular weight is 364 g/mol. The molecule has 1 atom stereocenters. The van der Waals surface area contributed by atoms with E-state index in [1.807, 2.05) is 36.4 Å². The smallest absolute Gasteiger partial charge is 0.230 e. The number of aromatic nitrogens is 2. The van der Waals surface area contributed by atoms with Crippen LogP contribution >= 0.6 is 0 Å². The standard InChI is InChI=1S/C20H20N4O3/c25-19-11-16(13-23(19)14-17-7-4-10-27-17)20(26)22-18-8-9-21-24(18)12-15-5-2-1-3-6-15/h1-10,16H,11-14H2,(H,22,26)/t16-/m0/s1. The van der Waals surface area contributed by atoms with E-state index < -0.39 is 0 Å². The molecule has 1 aliphatic rings. The molecule has 0 bridgehead atoms. The van der Waals surface area contributed by atoms with Crippen molar-refractivity contribution >= 4 is 17.6 Å². The summed E-state index contributed by atoms with van der Waals surface area (Å²) in [6.45, 7) is 1.34. The van der Waals surface area contributed by atoms with E-state index in [4.69, 9.17) is 4.42 Å². The third kappa shape index (κ3) is 3.92. The average Bonchev–Trinajstić information content (AvgIpc) is 3.40. The molecule has 4 rings (SSSR count). The minimum absolute atomic E-state index is 0.0376. The molecular formula is C20H20N4O3. The fraction of sp³-hybridized carbons (Fsp3) is 0.250. The number of carbonyl (C=O) groups is 2. The number of benzene rings is 1. The lowest BCUT2D eigenvalue weighted by Gasteiger charge is -2.15. The topological polar surface area (TPSA) is 80.4 Å². The van der Waals surface area contributed by atoms with Gasteiger partial charge in [-0.3, -0.25) is 9.59 Å². The number of hydrogen-bond acceptors (Lipinski definition) is 4. The van der Waals surface area contributed by atoms with Crippen molar-refractivity contribution in [2.24, 2.45) is 5.92 Å². The third-order valence-electron chi connectivity index (χ3n) is 4.66. The number of amides is 2. The van der Waals surface area contributed by atoms with Gasteiger partial charge in [0.2, 0.25) is 11.8 Å². The Bertz CT molecular complexity index is 918. The van der Waals surface area contributed by atoms with Crippen molar-refractivity contribution in [1.82, 2.24) is 14.7 Å². The Balaban J connectivity index is 1.38. The predicted octanol–water partition coefficient (Wildman–Crippen LogP) is 2.51. The number of furan rings is 1. The van der Waals surface area contributed by atoms with Crippen LogP contribution in [0.2, 0.25) is 0 Å². The van der Waals surface area contributed by atoms with E-state index in [0.717, 1.165) is 5.56 Å². The number of nitrogens with one attached hydrogen (secondary N) is 1. The summed E-state index contributed by atoms with van der Waals surface area (Å²) in [5.41, 5.74) is 1.09. The van der Waals surface area contributed by atoms with Crippen LogP contribution in [-0.4, -0.2) is 33.0 Å². The zero-order valence-corrected chi connectivity index (χ0v) is 14.7. The zero-order valence-electron chi connectivity index (χ0n) is 14.7. The molecule has 7 heteroatoms. The predicted molar refractivity (Wildman–Crippen MR) is 98.6 cm³/mol. The highest BCUT2D eigenvalue weighted by Gasteiger charge is 2.34. The Morgan fingerprint density at radius 1 is 1.15 bits per heavy atom. The zero-order chi connectivity index (χ0) is 18.6. The van der Waals surface area contributed by atoms with Crippen LogP contribution in [0.1, 0.15) is 17.7 Å². The lowest BCUT2D eigenvalue weighted by atomic mass is 10.1. The normalized spacial score (nSPS) is 16.7. The number of anilines is 1. The summed E-state index contributed by atoms with van der Waals surface area (Å²) >= 11 is 0. The van der Waals surface area contributed by atoms with E-state index in [9.17, 15) is 9.59 Å². The molecule has 0 saturated carbocycles. The summed E-state index contributed by atoms with van der Waals surface area (Å²) in [6.07, 6.45) is 3.44. The third-order valence-corrected chi connectivity index (χ3v) is 4.66. The molecule has 2 amide bonds. The van der Waals surface area contributed by atoms with Gasteiger partial charge in [-0.15, -0.1) is 0 Å². The summed E-state index contributed by atoms with van der Waals surface area (Å²) in [5, 5.41) is 7.20. The number of rotatable bonds is 6. The first-order valence-electron chi connectivity index (χ1n) is 8.86. The molecule has 27 heavy (non-hydrogen) atoms. The van der Waals surface area contributed by atoms with Gasteiger partial charge in [0.1, 0.15) is 11.6 Å². The van der Waals surface area contributed by atoms with Crippen molar-refractivity contribution in [2.75, 3.05) is 11.9 Å². The second kappa shape index (κ2) is 7.49. The fourth-order valence-electron chi connectivity index (χ4n) is 3.24. The second-order valence-electron chi connectivity index (χ2n) is 6.60. The molecule has 1 aliphatic heterocycles. The van der Waals surface area contributed by atoms with Gasteiger partial charge in [-0.1, -0.05) is 30.3 Å². The van der Waals surface area contributed by atoms with Gasteiger partial charge >= 0.3 is 0 Å². The molecule has 3 heterocycles. The first-order chi connectivity index (χ1) is 13.2. The van der Waals surface area contributed by atoms with Gasteiger partial charge < -0.3 is 14.6 Å². The molecule has 1 saturated heterocycles. The molecule has 2 aromatic heterocycles. The van der Waals surface area contributed by atoms with Gasteiger partial charge in [0, 0.05) is 19.0 Å². The van der Waals surface area contributed by atoms with Gasteiger partial charge in [-0.25, -0.2) is 4.68 Å². The van der Waals surface area contributed by atoms with Crippen molar-refractivity contribution < 1.29 is 14.0 Å². The van der Waals surface area contributed by atoms with E-state index in [-0.39, 0.29) is 24.2 Å². The highest BCUT2D eigenvalue weighted by molar-refractivity contribution is 5.96. The molecule has 0 radical (unpaired) electrons. The lowest BCUT2D eigenvalue weighted by molar-refractivity contribution is -0.128. The molecule has 0 spiro atoms. The fourth-order valence-corrected chi connectivity index (χ4v) is 3.24. The van der Waals surface area contributed by atoms with Gasteiger partial charge in [0.05, 0.1) is 31.5 Å². The molecule has 0 unspecified atom stereocenters. The molecule has 1 aromatic carbocycles. The van der Waals surface area contributed by atoms with Crippen LogP contribution < -0.4 is 5.32 Å². The Hall–Kier alpha value is -3.35. The first-order valence-corrected chi connectivity index (χ1v) is 8.86. The molecule has 3 aromatic rings. The van der Waals surface area contributed by atoms with Crippen molar-refractivity contribution in [3.8, 4) is 0 Å². The Morgan fingerprint density at radius 2 is 2.00 bits per heavy atom. The minimum Gasteiger partial charge on any atom is -0.467 e. The Labute approximate surface area is 156 Å². The molecule has 138 valence electrons. The van der Waals surface area contributed by atoms with Crippen LogP contribution in [0.15, 0.2) is 65.4 Å². The van der Waals surface area contributed by atoms with Gasteiger partial charge in [0.15, 0.2) is 0 Å². The van der Waals surface area contributed by atoms with Crippen LogP contribution in [0, 0.1) is 5.92 Å². The molecule has 7 nitrogen and oxygen atoms in total. The second-order valence-corrected chi connectivity index (χ2v) is 6.60. The van der Waals surface area contributed by atoms with Crippen LogP contribution in [-0.2, 0) is 22.7 Å². The minimum atomic E-state index is -0.382. The maximum Gasteiger partial charge on any atom is 0.230 e. The molecule has 1 N–H and O–H groups in total. The molecular weight excluding hydrogens is 344 g/mol. The van der Waals surface area contributed by atoms with Crippen molar-refractivity contribution in [3.63, 3.8) is 0 Å². The summed E-state index contributed by atoms with van der Waals surface area (Å²) in [6, 6.07) is 15.3. The van der Waals surface area contributed by atoms with E-state index in [0.29, 0.717) is 31.2 Å². The van der Waals surface area contributed by atoms with E-state index >= 15 is 0 Å². The van der Waals surface area contributed by atoms with Crippen molar-refractivity contribution in [1.29, 1.82) is 0 Å². The first kappa shape index (κ1) is 17.1. The highest BCUT2D eigenvalue weighted by atomic mass is 16.3. The van der Waals surface area contributed by atoms with Gasteiger partial charge in [-0.2, -0.15) is 5.10 Å². The van der Waals surface area contributed by atoms with Crippen LogP contribution in [0.3, 0.4) is 0 Å². The number of carbonyl (C=O) groups excluding carboxylic acids is 2. The van der Waals surface area contributed by atoms with Gasteiger partial charge in [-0.05, 0) is 17.7 Å². The van der Waals surface area contributed by atoms with E-state index in [1.54, 1.807) is 34.2 Å². The summed E-state index contributed by atoms with van der Waals surface area (Å²) in [4.78, 5) is 26.5. The Morgan fingerprint density at radius 3 is 2.78 bits per heavy atom. The van der Waals surface area contributed by atoms with Crippen molar-refractivity contribution in [3.05, 3.63) is 72.3 Å². The maximum atomic E-state index is 12.7. The van der Waals surface area contributed by atoms with Crippen molar-refractivity contribution in [2.45, 2.75) is 19.5 Å². The number of nitrogens with zero attached hydrogens (tertiary/aromatic N) is 3. The maximum absolute atomic E-state index is 12.7. The van der Waals surface area contributed by atoms with Crippen LogP contribution in [0.4, 0.5) is 5.82 Å².